The Morgan fingerprint density at radius 2 is 2.06 bits per heavy atom. The number of fused-ring (bicyclic) bond motifs is 2. The predicted molar refractivity (Wildman–Crippen MR) is 144 cm³/mol. The van der Waals surface area contributed by atoms with Crippen LogP contribution in [0.4, 0.5) is 0 Å². The summed E-state index contributed by atoms with van der Waals surface area (Å²) in [7, 11) is 0. The first kappa shape index (κ1) is 24.4. The van der Waals surface area contributed by atoms with E-state index in [0.29, 0.717) is 6.04 Å². The van der Waals surface area contributed by atoms with Crippen molar-refractivity contribution >= 4 is 34.5 Å². The van der Waals surface area contributed by atoms with Crippen molar-refractivity contribution in [2.24, 2.45) is 0 Å². The third-order valence-corrected chi connectivity index (χ3v) is 7.72. The van der Waals surface area contributed by atoms with E-state index in [1.165, 1.54) is 39.2 Å². The Balaban J connectivity index is 1.41. The third-order valence-electron chi connectivity index (χ3n) is 7.33. The number of H-pyrrole nitrogens is 2. The van der Waals surface area contributed by atoms with Crippen LogP contribution in [0.3, 0.4) is 0 Å². The Hall–Kier alpha value is -3.32. The van der Waals surface area contributed by atoms with Crippen molar-refractivity contribution in [1.82, 2.24) is 20.3 Å². The Bertz CT molecular complexity index is 1430. The van der Waals surface area contributed by atoms with E-state index in [1.807, 2.05) is 12.3 Å². The van der Waals surface area contributed by atoms with E-state index in [2.05, 4.69) is 65.2 Å². The topological polar surface area (TPSA) is 84.2 Å². The molecule has 4 aromatic rings. The second-order valence-electron chi connectivity index (χ2n) is 9.65. The van der Waals surface area contributed by atoms with Crippen molar-refractivity contribution in [2.75, 3.05) is 6.54 Å². The van der Waals surface area contributed by atoms with Crippen LogP contribution in [0.2, 0.25) is 5.02 Å². The summed E-state index contributed by atoms with van der Waals surface area (Å²) in [5.41, 5.74) is 11.2. The number of hydrogen-bond acceptors (Lipinski definition) is 3. The summed E-state index contributed by atoms with van der Waals surface area (Å²) in [4.78, 5) is 20.7. The van der Waals surface area contributed by atoms with E-state index in [0.717, 1.165) is 54.2 Å². The van der Waals surface area contributed by atoms with Gasteiger partial charge in [0.2, 0.25) is 0 Å². The summed E-state index contributed by atoms with van der Waals surface area (Å²) in [6.45, 7) is 5.89. The van der Waals surface area contributed by atoms with Crippen LogP contribution in [0.5, 0.6) is 0 Å². The Kier molecular flexibility index (Phi) is 7.01. The highest BCUT2D eigenvalue weighted by molar-refractivity contribution is 6.31. The molecule has 186 valence electrons. The first-order chi connectivity index (χ1) is 17.4. The van der Waals surface area contributed by atoms with Crippen LogP contribution in [0.15, 0.2) is 54.9 Å². The Morgan fingerprint density at radius 3 is 2.83 bits per heavy atom. The average molecular weight is 503 g/mol. The van der Waals surface area contributed by atoms with Crippen LogP contribution in [0.1, 0.15) is 51.5 Å². The molecule has 0 bridgehead atoms. The monoisotopic (exact) mass is 502 g/mol. The van der Waals surface area contributed by atoms with Crippen molar-refractivity contribution in [3.05, 3.63) is 99.0 Å². The number of nitrogens with one attached hydrogen (secondary N) is 3. The molecule has 0 fully saturated rings. The zero-order chi connectivity index (χ0) is 25.2. The average Bonchev–Trinajstić information content (AvgIpc) is 3.57. The van der Waals surface area contributed by atoms with Crippen molar-refractivity contribution in [2.45, 2.75) is 45.7 Å². The maximum Gasteiger partial charge on any atom is 0.267 e. The Morgan fingerprint density at radius 1 is 1.19 bits per heavy atom. The zero-order valence-electron chi connectivity index (χ0n) is 20.6. The fourth-order valence-corrected chi connectivity index (χ4v) is 5.47. The molecular weight excluding hydrogens is 472 g/mol. The summed E-state index contributed by atoms with van der Waals surface area (Å²) >= 11 is 6.37. The van der Waals surface area contributed by atoms with E-state index in [9.17, 15) is 4.79 Å². The van der Waals surface area contributed by atoms with Gasteiger partial charge in [0.25, 0.3) is 5.91 Å². The second kappa shape index (κ2) is 10.3. The van der Waals surface area contributed by atoms with E-state index >= 15 is 0 Å². The lowest BCUT2D eigenvalue weighted by Crippen LogP contribution is -2.29. The van der Waals surface area contributed by atoms with Gasteiger partial charge in [0.15, 0.2) is 0 Å². The molecule has 2 aromatic heterocycles. The smallest absolute Gasteiger partial charge is 0.267 e. The van der Waals surface area contributed by atoms with Crippen LogP contribution in [-0.4, -0.2) is 32.5 Å². The molecule has 4 N–H and O–H groups in total. The SMILES string of the molecule is Cc1ccc2c(CCN(Cc3[nH]cc(Cl)c3C)C3CCc4cc(/C=C/C(=O)NO)ccc43)c[nH]c2c1. The predicted octanol–water partition coefficient (Wildman–Crippen LogP) is 6.02. The number of benzene rings is 2. The minimum atomic E-state index is -0.535. The molecule has 0 radical (unpaired) electrons. The van der Waals surface area contributed by atoms with Gasteiger partial charge in [-0.3, -0.25) is 14.9 Å². The molecule has 1 aliphatic carbocycles. The van der Waals surface area contributed by atoms with Gasteiger partial charge in [0.05, 0.1) is 5.02 Å². The normalized spacial score (nSPS) is 15.3. The second-order valence-corrected chi connectivity index (χ2v) is 10.1. The number of nitrogens with zero attached hydrogens (tertiary/aromatic N) is 1. The number of aryl methyl sites for hydroxylation is 2. The van der Waals surface area contributed by atoms with Gasteiger partial charge in [-0.15, -0.1) is 0 Å². The van der Waals surface area contributed by atoms with Gasteiger partial charge in [-0.1, -0.05) is 41.9 Å². The van der Waals surface area contributed by atoms with Gasteiger partial charge in [-0.2, -0.15) is 0 Å². The number of carbonyl (C=O) groups is 1. The molecule has 0 saturated carbocycles. The van der Waals surface area contributed by atoms with Crippen molar-refractivity contribution in [3.63, 3.8) is 0 Å². The number of halogens is 1. The molecular formula is C29H31ClN4O2. The van der Waals surface area contributed by atoms with Gasteiger partial charge < -0.3 is 9.97 Å². The molecule has 36 heavy (non-hydrogen) atoms. The van der Waals surface area contributed by atoms with Crippen LogP contribution in [0.25, 0.3) is 17.0 Å². The van der Waals surface area contributed by atoms with Gasteiger partial charge >= 0.3 is 0 Å². The molecule has 5 rings (SSSR count). The number of hydroxylamine groups is 1. The molecule has 2 aromatic carbocycles. The largest absolute Gasteiger partial charge is 0.362 e. The van der Waals surface area contributed by atoms with Crippen LogP contribution in [0, 0.1) is 13.8 Å². The number of hydrogen-bond donors (Lipinski definition) is 4. The van der Waals surface area contributed by atoms with Crippen molar-refractivity contribution < 1.29 is 10.0 Å². The minimum absolute atomic E-state index is 0.299. The van der Waals surface area contributed by atoms with Crippen molar-refractivity contribution in [1.29, 1.82) is 0 Å². The maximum atomic E-state index is 11.4. The minimum Gasteiger partial charge on any atom is -0.362 e. The molecule has 0 saturated heterocycles. The molecule has 0 spiro atoms. The summed E-state index contributed by atoms with van der Waals surface area (Å²) < 4.78 is 0. The molecule has 1 aliphatic rings. The number of amides is 1. The van der Waals surface area contributed by atoms with E-state index < -0.39 is 5.91 Å². The molecule has 1 unspecified atom stereocenters. The number of rotatable bonds is 8. The highest BCUT2D eigenvalue weighted by Gasteiger charge is 2.29. The van der Waals surface area contributed by atoms with E-state index in [1.54, 1.807) is 11.6 Å². The highest BCUT2D eigenvalue weighted by Crippen LogP contribution is 2.38. The summed E-state index contributed by atoms with van der Waals surface area (Å²) in [6.07, 6.45) is 10.0. The van der Waals surface area contributed by atoms with Gasteiger partial charge in [-0.25, -0.2) is 5.48 Å². The third kappa shape index (κ3) is 4.98. The molecule has 1 atom stereocenters. The van der Waals surface area contributed by atoms with Crippen LogP contribution >= 0.6 is 11.6 Å². The van der Waals surface area contributed by atoms with E-state index in [4.69, 9.17) is 16.8 Å². The van der Waals surface area contributed by atoms with Crippen LogP contribution < -0.4 is 5.48 Å². The summed E-state index contributed by atoms with van der Waals surface area (Å²) in [5, 5.41) is 10.8. The number of aromatic nitrogens is 2. The fraction of sp³-hybridized carbons (Fsp3) is 0.276. The van der Waals surface area contributed by atoms with E-state index in [-0.39, 0.29) is 0 Å². The van der Waals surface area contributed by atoms with Crippen LogP contribution in [-0.2, 0) is 24.2 Å². The van der Waals surface area contributed by atoms with Gasteiger partial charge in [0.1, 0.15) is 0 Å². The highest BCUT2D eigenvalue weighted by atomic mass is 35.5. The lowest BCUT2D eigenvalue weighted by atomic mass is 10.0. The summed E-state index contributed by atoms with van der Waals surface area (Å²) in [5.74, 6) is -0.535. The molecule has 6 nitrogen and oxygen atoms in total. The first-order valence-electron chi connectivity index (χ1n) is 12.3. The van der Waals surface area contributed by atoms with Crippen molar-refractivity contribution in [3.8, 4) is 0 Å². The molecule has 0 aliphatic heterocycles. The summed E-state index contributed by atoms with van der Waals surface area (Å²) in [6, 6.07) is 13.2. The molecule has 7 heteroatoms. The standard InChI is InChI=1S/C29H31ClN4O2/c1-18-3-7-23-22(15-31-26(23)13-18)11-12-34(17-27-19(2)25(30)16-32-27)28-9-6-21-14-20(4-8-24(21)28)5-10-29(35)33-36/h3-5,7-8,10,13-16,28,31-32,36H,6,9,11-12,17H2,1-2H3,(H,33,35)/b10-5+. The van der Waals surface area contributed by atoms with Gasteiger partial charge in [0, 0.05) is 54.2 Å². The lowest BCUT2D eigenvalue weighted by molar-refractivity contribution is -0.124. The Labute approximate surface area is 215 Å². The maximum absolute atomic E-state index is 11.4. The zero-order valence-corrected chi connectivity index (χ0v) is 21.3. The quantitative estimate of drug-likeness (QED) is 0.135. The molecule has 1 amide bonds. The lowest BCUT2D eigenvalue weighted by Gasteiger charge is -2.30. The fourth-order valence-electron chi connectivity index (χ4n) is 5.30. The number of carbonyl (C=O) groups excluding carboxylic acids is 1. The first-order valence-corrected chi connectivity index (χ1v) is 12.7. The van der Waals surface area contributed by atoms with Gasteiger partial charge in [-0.05, 0) is 78.6 Å². The number of aromatic amines is 2. The molecule has 2 heterocycles.